The first-order valence-electron chi connectivity index (χ1n) is 9.37. The quantitative estimate of drug-likeness (QED) is 0.524. The predicted octanol–water partition coefficient (Wildman–Crippen LogP) is 4.61. The Morgan fingerprint density at radius 3 is 2.48 bits per heavy atom. The van der Waals surface area contributed by atoms with E-state index >= 15 is 0 Å². The van der Waals surface area contributed by atoms with Gasteiger partial charge in [-0.1, -0.05) is 60.7 Å². The molecular weight excluding hydrogens is 369 g/mol. The van der Waals surface area contributed by atoms with Crippen molar-refractivity contribution in [3.8, 4) is 11.3 Å². The Labute approximate surface area is 167 Å². The average Bonchev–Trinajstić information content (AvgIpc) is 3.11. The molecule has 5 nitrogen and oxygen atoms in total. The van der Waals surface area contributed by atoms with Gasteiger partial charge in [-0.25, -0.2) is 14.2 Å². The Hall–Kier alpha value is -3.67. The average molecular weight is 389 g/mol. The van der Waals surface area contributed by atoms with E-state index in [0.29, 0.717) is 18.6 Å². The molecule has 1 amide bonds. The number of carbonyl (C=O) groups excluding carboxylic acids is 1. The number of imidazole rings is 1. The van der Waals surface area contributed by atoms with Gasteiger partial charge >= 0.3 is 6.09 Å². The van der Waals surface area contributed by atoms with Crippen molar-refractivity contribution in [1.82, 2.24) is 14.7 Å². The summed E-state index contributed by atoms with van der Waals surface area (Å²) in [6.07, 6.45) is 1.44. The summed E-state index contributed by atoms with van der Waals surface area (Å²) in [4.78, 5) is 16.6. The van der Waals surface area contributed by atoms with Gasteiger partial charge in [0.2, 0.25) is 0 Å². The van der Waals surface area contributed by atoms with Gasteiger partial charge in [0.05, 0.1) is 11.4 Å². The predicted molar refractivity (Wildman–Crippen MR) is 109 cm³/mol. The van der Waals surface area contributed by atoms with Crippen LogP contribution in [0.25, 0.3) is 16.9 Å². The first-order valence-corrected chi connectivity index (χ1v) is 9.37. The third kappa shape index (κ3) is 4.43. The number of hydrogen-bond acceptors (Lipinski definition) is 3. The molecular formula is C23H20FN3O2. The van der Waals surface area contributed by atoms with Crippen LogP contribution in [-0.2, 0) is 17.8 Å². The molecule has 0 saturated carbocycles. The molecule has 4 aromatic rings. The van der Waals surface area contributed by atoms with E-state index in [1.807, 2.05) is 60.7 Å². The van der Waals surface area contributed by atoms with E-state index in [1.54, 1.807) is 10.5 Å². The van der Waals surface area contributed by atoms with Crippen LogP contribution in [0.4, 0.5) is 9.18 Å². The lowest BCUT2D eigenvalue weighted by atomic mass is 10.1. The molecule has 0 unspecified atom stereocenters. The molecule has 6 heteroatoms. The Balaban J connectivity index is 1.46. The number of rotatable bonds is 6. The molecule has 2 aromatic carbocycles. The summed E-state index contributed by atoms with van der Waals surface area (Å²) in [5.74, 6) is -0.332. The van der Waals surface area contributed by atoms with E-state index in [9.17, 15) is 9.18 Å². The van der Waals surface area contributed by atoms with Crippen molar-refractivity contribution in [2.45, 2.75) is 13.0 Å². The van der Waals surface area contributed by atoms with Crippen LogP contribution in [0.1, 0.15) is 11.3 Å². The molecule has 0 spiro atoms. The van der Waals surface area contributed by atoms with Crippen LogP contribution in [-0.4, -0.2) is 22.0 Å². The van der Waals surface area contributed by atoms with Crippen LogP contribution in [0.2, 0.25) is 0 Å². The van der Waals surface area contributed by atoms with Gasteiger partial charge in [-0.3, -0.25) is 4.40 Å². The smallest absolute Gasteiger partial charge is 0.407 e. The largest absolute Gasteiger partial charge is 0.445 e. The van der Waals surface area contributed by atoms with Crippen molar-refractivity contribution in [2.75, 3.05) is 6.54 Å². The van der Waals surface area contributed by atoms with Crippen LogP contribution in [0.3, 0.4) is 0 Å². The highest BCUT2D eigenvalue weighted by Crippen LogP contribution is 2.25. The minimum Gasteiger partial charge on any atom is -0.445 e. The summed E-state index contributed by atoms with van der Waals surface area (Å²) < 4.78 is 20.8. The number of amides is 1. The second kappa shape index (κ2) is 8.56. The van der Waals surface area contributed by atoms with E-state index in [4.69, 9.17) is 4.74 Å². The van der Waals surface area contributed by atoms with Crippen molar-refractivity contribution in [1.29, 1.82) is 0 Å². The van der Waals surface area contributed by atoms with Crippen molar-refractivity contribution in [3.63, 3.8) is 0 Å². The highest BCUT2D eigenvalue weighted by molar-refractivity contribution is 5.68. The molecule has 0 bridgehead atoms. The first-order chi connectivity index (χ1) is 14.2. The molecule has 4 rings (SSSR count). The van der Waals surface area contributed by atoms with E-state index < -0.39 is 6.09 Å². The second-order valence-electron chi connectivity index (χ2n) is 6.59. The van der Waals surface area contributed by atoms with Gasteiger partial charge in [-0.15, -0.1) is 0 Å². The number of halogens is 1. The summed E-state index contributed by atoms with van der Waals surface area (Å²) in [5, 5.41) is 2.75. The lowest BCUT2D eigenvalue weighted by molar-refractivity contribution is 0.140. The number of nitrogens with one attached hydrogen (secondary N) is 1. The zero-order valence-electron chi connectivity index (χ0n) is 15.7. The summed E-state index contributed by atoms with van der Waals surface area (Å²) in [6, 6.07) is 22.2. The molecule has 0 aliphatic carbocycles. The SMILES string of the molecule is O=C(NCCc1nc2ccc(F)cn2c1-c1ccccc1)OCc1ccccc1. The molecule has 2 heterocycles. The van der Waals surface area contributed by atoms with Gasteiger partial charge in [0.15, 0.2) is 0 Å². The third-order valence-corrected chi connectivity index (χ3v) is 4.55. The molecule has 2 aromatic heterocycles. The molecule has 0 saturated heterocycles. The second-order valence-corrected chi connectivity index (χ2v) is 6.59. The third-order valence-electron chi connectivity index (χ3n) is 4.55. The molecule has 1 N–H and O–H groups in total. The Kier molecular flexibility index (Phi) is 5.52. The summed E-state index contributed by atoms with van der Waals surface area (Å²) >= 11 is 0. The van der Waals surface area contributed by atoms with Crippen molar-refractivity contribution >= 4 is 11.7 Å². The van der Waals surface area contributed by atoms with Crippen LogP contribution in [0.5, 0.6) is 0 Å². The van der Waals surface area contributed by atoms with E-state index in [2.05, 4.69) is 10.3 Å². The van der Waals surface area contributed by atoms with Crippen molar-refractivity contribution in [2.24, 2.45) is 0 Å². The maximum absolute atomic E-state index is 13.8. The van der Waals surface area contributed by atoms with Crippen LogP contribution >= 0.6 is 0 Å². The number of alkyl carbamates (subject to hydrolysis) is 1. The van der Waals surface area contributed by atoms with Gasteiger partial charge in [-0.2, -0.15) is 0 Å². The molecule has 0 atom stereocenters. The molecule has 0 aliphatic heterocycles. The number of pyridine rings is 1. The monoisotopic (exact) mass is 389 g/mol. The maximum atomic E-state index is 13.8. The fraction of sp³-hybridized carbons (Fsp3) is 0.130. The maximum Gasteiger partial charge on any atom is 0.407 e. The summed E-state index contributed by atoms with van der Waals surface area (Å²) in [5.41, 5.74) is 4.13. The van der Waals surface area contributed by atoms with Crippen molar-refractivity contribution < 1.29 is 13.9 Å². The van der Waals surface area contributed by atoms with Gasteiger partial charge in [0.1, 0.15) is 18.1 Å². The number of carbonyl (C=O) groups is 1. The number of aromatic nitrogens is 2. The summed E-state index contributed by atoms with van der Waals surface area (Å²) in [7, 11) is 0. The Morgan fingerprint density at radius 1 is 1.00 bits per heavy atom. The van der Waals surface area contributed by atoms with E-state index in [-0.39, 0.29) is 12.4 Å². The number of nitrogens with zero attached hydrogens (tertiary/aromatic N) is 2. The zero-order valence-corrected chi connectivity index (χ0v) is 15.7. The molecule has 0 radical (unpaired) electrons. The normalized spacial score (nSPS) is 10.8. The van der Waals surface area contributed by atoms with Gasteiger partial charge in [0, 0.05) is 24.7 Å². The lowest BCUT2D eigenvalue weighted by Gasteiger charge is -2.08. The van der Waals surface area contributed by atoms with Gasteiger partial charge < -0.3 is 10.1 Å². The minimum absolute atomic E-state index is 0.218. The molecule has 29 heavy (non-hydrogen) atoms. The molecule has 0 fully saturated rings. The molecule has 0 aliphatic rings. The number of ether oxygens (including phenoxy) is 1. The topological polar surface area (TPSA) is 55.6 Å². The van der Waals surface area contributed by atoms with Crippen LogP contribution < -0.4 is 5.32 Å². The van der Waals surface area contributed by atoms with Gasteiger partial charge in [0.25, 0.3) is 0 Å². The number of fused-ring (bicyclic) bond motifs is 1. The van der Waals surface area contributed by atoms with Crippen LogP contribution in [0, 0.1) is 5.82 Å². The zero-order chi connectivity index (χ0) is 20.1. The number of benzene rings is 2. The highest BCUT2D eigenvalue weighted by Gasteiger charge is 2.15. The van der Waals surface area contributed by atoms with Gasteiger partial charge in [-0.05, 0) is 17.7 Å². The van der Waals surface area contributed by atoms with E-state index in [0.717, 1.165) is 22.5 Å². The fourth-order valence-electron chi connectivity index (χ4n) is 3.20. The fourth-order valence-corrected chi connectivity index (χ4v) is 3.20. The Morgan fingerprint density at radius 2 is 1.72 bits per heavy atom. The van der Waals surface area contributed by atoms with Crippen molar-refractivity contribution in [3.05, 3.63) is 96.1 Å². The highest BCUT2D eigenvalue weighted by atomic mass is 19.1. The first kappa shape index (κ1) is 18.7. The Bertz CT molecular complexity index is 1110. The summed E-state index contributed by atoms with van der Waals surface area (Å²) in [6.45, 7) is 0.579. The van der Waals surface area contributed by atoms with Crippen LogP contribution in [0.15, 0.2) is 79.0 Å². The standard InChI is InChI=1S/C23H20FN3O2/c24-19-11-12-21-26-20(22(27(21)15-19)18-9-5-2-6-10-18)13-14-25-23(28)29-16-17-7-3-1-4-8-17/h1-12,15H,13-14,16H2,(H,25,28). The molecule has 146 valence electrons. The lowest BCUT2D eigenvalue weighted by Crippen LogP contribution is -2.26. The number of hydrogen-bond donors (Lipinski definition) is 1. The minimum atomic E-state index is -0.482. The van der Waals surface area contributed by atoms with E-state index in [1.165, 1.54) is 12.3 Å².